The highest BCUT2D eigenvalue weighted by atomic mass is 19.4. The minimum Gasteiger partial charge on any atom is -0.250 e. The van der Waals surface area contributed by atoms with Crippen LogP contribution in [0.1, 0.15) is 11.3 Å². The van der Waals surface area contributed by atoms with Gasteiger partial charge >= 0.3 is 6.18 Å². The maximum absolute atomic E-state index is 12.9. The van der Waals surface area contributed by atoms with Gasteiger partial charge in [0.1, 0.15) is 5.69 Å². The molecule has 0 radical (unpaired) electrons. The molecule has 0 bridgehead atoms. The van der Waals surface area contributed by atoms with Gasteiger partial charge in [0.2, 0.25) is 0 Å². The molecule has 0 aliphatic carbocycles. The molecule has 0 spiro atoms. The summed E-state index contributed by atoms with van der Waals surface area (Å²) in [6.07, 6.45) is -4.37. The van der Waals surface area contributed by atoms with Crippen LogP contribution < -0.4 is 0 Å². The summed E-state index contributed by atoms with van der Waals surface area (Å²) < 4.78 is 38.6. The van der Waals surface area contributed by atoms with Crippen LogP contribution in [0.4, 0.5) is 13.2 Å². The Hall–Kier alpha value is -3.28. The number of halogens is 3. The third-order valence-electron chi connectivity index (χ3n) is 4.21. The van der Waals surface area contributed by atoms with Crippen LogP contribution in [0.25, 0.3) is 33.7 Å². The Morgan fingerprint density at radius 3 is 2.19 bits per heavy atom. The average molecular weight is 365 g/mol. The Morgan fingerprint density at radius 1 is 0.741 bits per heavy atom. The van der Waals surface area contributed by atoms with E-state index in [4.69, 9.17) is 0 Å². The van der Waals surface area contributed by atoms with E-state index in [2.05, 4.69) is 15.0 Å². The number of aromatic nitrogens is 3. The number of para-hydroxylation sites is 1. The maximum atomic E-state index is 12.9. The van der Waals surface area contributed by atoms with E-state index in [0.717, 1.165) is 23.2 Å². The van der Waals surface area contributed by atoms with E-state index in [9.17, 15) is 13.2 Å². The summed E-state index contributed by atoms with van der Waals surface area (Å²) in [4.78, 5) is 13.7. The van der Waals surface area contributed by atoms with Gasteiger partial charge in [-0.05, 0) is 37.3 Å². The van der Waals surface area contributed by atoms with Crippen molar-refractivity contribution in [2.45, 2.75) is 13.1 Å². The molecule has 6 heteroatoms. The fraction of sp³-hybridized carbons (Fsp3) is 0.0952. The van der Waals surface area contributed by atoms with E-state index in [0.29, 0.717) is 28.3 Å². The molecule has 0 amide bonds. The SMILES string of the molecule is Cc1cccc(-c2nc(-c3ccc(C(F)(F)F)cc3)c3ccccc3n2)n1. The van der Waals surface area contributed by atoms with Crippen molar-refractivity contribution in [1.82, 2.24) is 15.0 Å². The second-order valence-corrected chi connectivity index (χ2v) is 6.15. The monoisotopic (exact) mass is 365 g/mol. The van der Waals surface area contributed by atoms with Crippen LogP contribution >= 0.6 is 0 Å². The van der Waals surface area contributed by atoms with Gasteiger partial charge in [0.25, 0.3) is 0 Å². The summed E-state index contributed by atoms with van der Waals surface area (Å²) in [7, 11) is 0. The Labute approximate surface area is 153 Å². The number of rotatable bonds is 2. The first-order valence-electron chi connectivity index (χ1n) is 8.30. The van der Waals surface area contributed by atoms with Gasteiger partial charge < -0.3 is 0 Å². The number of fused-ring (bicyclic) bond motifs is 1. The highest BCUT2D eigenvalue weighted by Gasteiger charge is 2.30. The molecular weight excluding hydrogens is 351 g/mol. The zero-order chi connectivity index (χ0) is 19.0. The van der Waals surface area contributed by atoms with Crippen molar-refractivity contribution in [3.63, 3.8) is 0 Å². The molecule has 0 aliphatic rings. The highest BCUT2D eigenvalue weighted by Crippen LogP contribution is 2.33. The summed E-state index contributed by atoms with van der Waals surface area (Å²) in [6.45, 7) is 1.88. The molecule has 4 aromatic rings. The van der Waals surface area contributed by atoms with Gasteiger partial charge in [-0.15, -0.1) is 0 Å². The normalized spacial score (nSPS) is 11.7. The standard InChI is InChI=1S/C21H14F3N3/c1-13-5-4-8-18(25-13)20-26-17-7-3-2-6-16(17)19(27-20)14-9-11-15(12-10-14)21(22,23)24/h2-12H,1H3. The molecule has 0 saturated heterocycles. The third kappa shape index (κ3) is 3.38. The Bertz CT molecular complexity index is 1120. The number of aryl methyl sites for hydroxylation is 1. The van der Waals surface area contributed by atoms with Crippen molar-refractivity contribution < 1.29 is 13.2 Å². The summed E-state index contributed by atoms with van der Waals surface area (Å²) >= 11 is 0. The molecule has 0 atom stereocenters. The van der Waals surface area contributed by atoms with Crippen molar-refractivity contribution in [3.8, 4) is 22.8 Å². The van der Waals surface area contributed by atoms with Crippen LogP contribution in [0.5, 0.6) is 0 Å². The van der Waals surface area contributed by atoms with Crippen molar-refractivity contribution in [3.05, 3.63) is 78.0 Å². The van der Waals surface area contributed by atoms with Crippen LogP contribution in [0.2, 0.25) is 0 Å². The minimum atomic E-state index is -4.37. The van der Waals surface area contributed by atoms with Gasteiger partial charge in [0.15, 0.2) is 5.82 Å². The molecule has 0 saturated carbocycles. The molecule has 0 N–H and O–H groups in total. The van der Waals surface area contributed by atoms with E-state index in [1.54, 1.807) is 0 Å². The third-order valence-corrected chi connectivity index (χ3v) is 4.21. The quantitative estimate of drug-likeness (QED) is 0.458. The number of nitrogens with zero attached hydrogens (tertiary/aromatic N) is 3. The van der Waals surface area contributed by atoms with Crippen LogP contribution in [-0.4, -0.2) is 15.0 Å². The number of alkyl halides is 3. The van der Waals surface area contributed by atoms with Crippen LogP contribution in [0, 0.1) is 6.92 Å². The van der Waals surface area contributed by atoms with E-state index in [1.807, 2.05) is 49.4 Å². The summed E-state index contributed by atoms with van der Waals surface area (Å²) in [5, 5.41) is 0.772. The molecule has 0 unspecified atom stereocenters. The Balaban J connectivity index is 1.91. The highest BCUT2D eigenvalue weighted by molar-refractivity contribution is 5.93. The molecular formula is C21H14F3N3. The van der Waals surface area contributed by atoms with Crippen LogP contribution in [0.3, 0.4) is 0 Å². The summed E-state index contributed by atoms with van der Waals surface area (Å²) in [5.74, 6) is 0.437. The number of benzene rings is 2. The maximum Gasteiger partial charge on any atom is 0.416 e. The zero-order valence-electron chi connectivity index (χ0n) is 14.3. The number of hydrogen-bond donors (Lipinski definition) is 0. The van der Waals surface area contributed by atoms with Crippen LogP contribution in [0.15, 0.2) is 66.7 Å². The lowest BCUT2D eigenvalue weighted by Crippen LogP contribution is -2.04. The first-order valence-corrected chi connectivity index (χ1v) is 8.30. The van der Waals surface area contributed by atoms with Gasteiger partial charge in [-0.3, -0.25) is 0 Å². The van der Waals surface area contributed by atoms with Crippen molar-refractivity contribution in [2.75, 3.05) is 0 Å². The topological polar surface area (TPSA) is 38.7 Å². The van der Waals surface area contributed by atoms with Crippen LogP contribution in [-0.2, 0) is 6.18 Å². The molecule has 2 aromatic carbocycles. The Morgan fingerprint density at radius 2 is 1.48 bits per heavy atom. The molecule has 0 aliphatic heterocycles. The van der Waals surface area contributed by atoms with Crippen molar-refractivity contribution >= 4 is 10.9 Å². The first kappa shape index (κ1) is 17.1. The number of hydrogen-bond acceptors (Lipinski definition) is 3. The second-order valence-electron chi connectivity index (χ2n) is 6.15. The largest absolute Gasteiger partial charge is 0.416 e. The fourth-order valence-electron chi connectivity index (χ4n) is 2.90. The van der Waals surface area contributed by atoms with Crippen molar-refractivity contribution in [1.29, 1.82) is 0 Å². The predicted octanol–water partition coefficient (Wildman–Crippen LogP) is 5.69. The summed E-state index contributed by atoms with van der Waals surface area (Å²) in [6, 6.07) is 18.0. The van der Waals surface area contributed by atoms with E-state index in [1.165, 1.54) is 12.1 Å². The molecule has 0 fully saturated rings. The summed E-state index contributed by atoms with van der Waals surface area (Å²) in [5.41, 5.74) is 2.64. The molecule has 134 valence electrons. The lowest BCUT2D eigenvalue weighted by atomic mass is 10.0. The van der Waals surface area contributed by atoms with Gasteiger partial charge in [0.05, 0.1) is 16.8 Å². The zero-order valence-corrected chi connectivity index (χ0v) is 14.3. The van der Waals surface area contributed by atoms with Gasteiger partial charge in [0, 0.05) is 16.6 Å². The first-order chi connectivity index (χ1) is 12.9. The lowest BCUT2D eigenvalue weighted by molar-refractivity contribution is -0.137. The van der Waals surface area contributed by atoms with Gasteiger partial charge in [-0.25, -0.2) is 15.0 Å². The van der Waals surface area contributed by atoms with Gasteiger partial charge in [-0.1, -0.05) is 36.4 Å². The van der Waals surface area contributed by atoms with E-state index >= 15 is 0 Å². The second kappa shape index (κ2) is 6.46. The smallest absolute Gasteiger partial charge is 0.250 e. The Kier molecular flexibility index (Phi) is 4.11. The average Bonchev–Trinajstić information content (AvgIpc) is 2.66. The molecule has 27 heavy (non-hydrogen) atoms. The molecule has 2 heterocycles. The molecule has 4 rings (SSSR count). The number of pyridine rings is 1. The fourth-order valence-corrected chi connectivity index (χ4v) is 2.90. The van der Waals surface area contributed by atoms with Gasteiger partial charge in [-0.2, -0.15) is 13.2 Å². The van der Waals surface area contributed by atoms with Crippen molar-refractivity contribution in [2.24, 2.45) is 0 Å². The van der Waals surface area contributed by atoms with E-state index in [-0.39, 0.29) is 0 Å². The minimum absolute atomic E-state index is 0.437. The molecule has 2 aromatic heterocycles. The molecule has 3 nitrogen and oxygen atoms in total. The predicted molar refractivity (Wildman–Crippen MR) is 97.9 cm³/mol. The lowest BCUT2D eigenvalue weighted by Gasteiger charge is -2.11. The van der Waals surface area contributed by atoms with E-state index < -0.39 is 11.7 Å².